The van der Waals surface area contributed by atoms with Gasteiger partial charge >= 0.3 is 0 Å². The SMILES string of the molecule is CCOc1c(Br)cc(C=C(C#N)C(=O)Nc2ccc([N+](=O)[O-])cc2O)cc1OC. The molecule has 0 atom stereocenters. The highest BCUT2D eigenvalue weighted by atomic mass is 79.9. The second-order valence-electron chi connectivity index (χ2n) is 5.55. The number of amides is 1. The second kappa shape index (κ2) is 9.57. The molecule has 29 heavy (non-hydrogen) atoms. The monoisotopic (exact) mass is 461 g/mol. The smallest absolute Gasteiger partial charge is 0.273 e. The third kappa shape index (κ3) is 5.24. The van der Waals surface area contributed by atoms with Gasteiger partial charge in [-0.2, -0.15) is 5.26 Å². The molecule has 0 aliphatic rings. The Morgan fingerprint density at radius 2 is 2.14 bits per heavy atom. The molecule has 0 heterocycles. The molecule has 150 valence electrons. The quantitative estimate of drug-likeness (QED) is 0.209. The van der Waals surface area contributed by atoms with Crippen LogP contribution < -0.4 is 14.8 Å². The summed E-state index contributed by atoms with van der Waals surface area (Å²) in [4.78, 5) is 22.5. The summed E-state index contributed by atoms with van der Waals surface area (Å²) in [6.45, 7) is 2.25. The first-order valence-electron chi connectivity index (χ1n) is 8.21. The van der Waals surface area contributed by atoms with E-state index in [2.05, 4.69) is 21.2 Å². The fraction of sp³-hybridized carbons (Fsp3) is 0.158. The van der Waals surface area contributed by atoms with E-state index in [1.165, 1.54) is 19.3 Å². The van der Waals surface area contributed by atoms with Crippen molar-refractivity contribution in [3.63, 3.8) is 0 Å². The largest absolute Gasteiger partial charge is 0.506 e. The number of nitrogens with zero attached hydrogens (tertiary/aromatic N) is 2. The number of non-ortho nitro benzene ring substituents is 1. The molecule has 2 N–H and O–H groups in total. The Morgan fingerprint density at radius 3 is 2.69 bits per heavy atom. The van der Waals surface area contributed by atoms with Gasteiger partial charge in [-0.1, -0.05) is 0 Å². The summed E-state index contributed by atoms with van der Waals surface area (Å²) in [6, 6.07) is 8.25. The number of rotatable bonds is 7. The average Bonchev–Trinajstić information content (AvgIpc) is 2.69. The van der Waals surface area contributed by atoms with Gasteiger partial charge < -0.3 is 19.9 Å². The Hall–Kier alpha value is -3.58. The number of anilines is 1. The molecular weight excluding hydrogens is 446 g/mol. The molecule has 0 spiro atoms. The Bertz CT molecular complexity index is 1030. The number of nitro benzene ring substituents is 1. The fourth-order valence-corrected chi connectivity index (χ4v) is 2.93. The van der Waals surface area contributed by atoms with Gasteiger partial charge in [-0.25, -0.2) is 0 Å². The first-order valence-corrected chi connectivity index (χ1v) is 9.00. The number of benzene rings is 2. The summed E-state index contributed by atoms with van der Waals surface area (Å²) < 4.78 is 11.4. The van der Waals surface area contributed by atoms with Crippen molar-refractivity contribution in [3.8, 4) is 23.3 Å². The van der Waals surface area contributed by atoms with E-state index in [0.717, 1.165) is 12.1 Å². The van der Waals surface area contributed by atoms with Gasteiger partial charge in [-0.3, -0.25) is 14.9 Å². The summed E-state index contributed by atoms with van der Waals surface area (Å²) >= 11 is 3.36. The highest BCUT2D eigenvalue weighted by Gasteiger charge is 2.16. The summed E-state index contributed by atoms with van der Waals surface area (Å²) in [7, 11) is 1.47. The molecular formula is C19H16BrN3O6. The number of carbonyl (C=O) groups excluding carboxylic acids is 1. The maximum Gasteiger partial charge on any atom is 0.273 e. The number of phenols is 1. The Balaban J connectivity index is 2.32. The van der Waals surface area contributed by atoms with Crippen molar-refractivity contribution in [3.05, 3.63) is 56.1 Å². The maximum atomic E-state index is 12.4. The number of halogens is 1. The Morgan fingerprint density at radius 1 is 1.41 bits per heavy atom. The number of phenolic OH excluding ortho intramolecular Hbond substituents is 1. The number of nitriles is 1. The molecule has 0 unspecified atom stereocenters. The lowest BCUT2D eigenvalue weighted by Crippen LogP contribution is -2.13. The van der Waals surface area contributed by atoms with Crippen LogP contribution in [0.5, 0.6) is 17.2 Å². The van der Waals surface area contributed by atoms with Gasteiger partial charge in [0.1, 0.15) is 17.4 Å². The molecule has 0 aromatic heterocycles. The average molecular weight is 462 g/mol. The van der Waals surface area contributed by atoms with Crippen LogP contribution in [0.4, 0.5) is 11.4 Å². The van der Waals surface area contributed by atoms with E-state index in [1.54, 1.807) is 18.2 Å². The molecule has 9 nitrogen and oxygen atoms in total. The summed E-state index contributed by atoms with van der Waals surface area (Å²) in [5.41, 5.74) is -0.146. The Kier molecular flexibility index (Phi) is 7.16. The summed E-state index contributed by atoms with van der Waals surface area (Å²) in [6.07, 6.45) is 1.33. The molecule has 0 radical (unpaired) electrons. The highest BCUT2D eigenvalue weighted by Crippen LogP contribution is 2.37. The van der Waals surface area contributed by atoms with E-state index >= 15 is 0 Å². The minimum atomic E-state index is -0.791. The minimum Gasteiger partial charge on any atom is -0.506 e. The van der Waals surface area contributed by atoms with Crippen LogP contribution in [-0.2, 0) is 4.79 Å². The number of nitrogens with one attached hydrogen (secondary N) is 1. The summed E-state index contributed by atoms with van der Waals surface area (Å²) in [5.74, 6) is -0.375. The Labute approximate surface area is 174 Å². The maximum absolute atomic E-state index is 12.4. The number of methoxy groups -OCH3 is 1. The molecule has 2 aromatic carbocycles. The van der Waals surface area contributed by atoms with Crippen molar-refractivity contribution in [2.24, 2.45) is 0 Å². The van der Waals surface area contributed by atoms with E-state index in [-0.39, 0.29) is 16.9 Å². The van der Waals surface area contributed by atoms with E-state index < -0.39 is 16.6 Å². The van der Waals surface area contributed by atoms with Crippen LogP contribution in [0.1, 0.15) is 12.5 Å². The molecule has 1 amide bonds. The number of hydrogen-bond acceptors (Lipinski definition) is 7. The number of hydrogen-bond donors (Lipinski definition) is 2. The molecule has 2 aromatic rings. The van der Waals surface area contributed by atoms with Crippen LogP contribution >= 0.6 is 15.9 Å². The molecule has 0 saturated heterocycles. The van der Waals surface area contributed by atoms with Crippen molar-refractivity contribution in [1.82, 2.24) is 0 Å². The minimum absolute atomic E-state index is 0.0628. The lowest BCUT2D eigenvalue weighted by molar-refractivity contribution is -0.384. The molecule has 10 heteroatoms. The zero-order chi connectivity index (χ0) is 21.6. The van der Waals surface area contributed by atoms with Crippen molar-refractivity contribution in [1.29, 1.82) is 5.26 Å². The fourth-order valence-electron chi connectivity index (χ4n) is 2.35. The number of nitro groups is 1. The van der Waals surface area contributed by atoms with Crippen molar-refractivity contribution >= 4 is 39.3 Å². The zero-order valence-corrected chi connectivity index (χ0v) is 17.0. The van der Waals surface area contributed by atoms with Gasteiger partial charge in [0.2, 0.25) is 0 Å². The highest BCUT2D eigenvalue weighted by molar-refractivity contribution is 9.10. The molecule has 0 fully saturated rings. The van der Waals surface area contributed by atoms with Gasteiger partial charge in [-0.15, -0.1) is 0 Å². The zero-order valence-electron chi connectivity index (χ0n) is 15.4. The van der Waals surface area contributed by atoms with Gasteiger partial charge in [0.05, 0.1) is 34.9 Å². The number of aromatic hydroxyl groups is 1. The summed E-state index contributed by atoms with van der Waals surface area (Å²) in [5, 5.41) is 32.3. The van der Waals surface area contributed by atoms with Crippen LogP contribution in [0.25, 0.3) is 6.08 Å². The van der Waals surface area contributed by atoms with Gasteiger partial charge in [0.25, 0.3) is 11.6 Å². The standard InChI is InChI=1S/C19H16BrN3O6/c1-3-29-18-14(20)7-11(8-17(18)28-2)6-12(10-21)19(25)22-15-5-4-13(23(26)27)9-16(15)24/h4-9,24H,3H2,1-2H3,(H,22,25). The van der Waals surface area contributed by atoms with E-state index in [4.69, 9.17) is 9.47 Å². The van der Waals surface area contributed by atoms with Gasteiger partial charge in [0, 0.05) is 6.07 Å². The molecule has 0 aliphatic heterocycles. The van der Waals surface area contributed by atoms with Crippen LogP contribution in [0.2, 0.25) is 0 Å². The lowest BCUT2D eigenvalue weighted by Gasteiger charge is -2.12. The van der Waals surface area contributed by atoms with Crippen molar-refractivity contribution in [2.75, 3.05) is 19.0 Å². The lowest BCUT2D eigenvalue weighted by atomic mass is 10.1. The molecule has 0 aliphatic carbocycles. The molecule has 2 rings (SSSR count). The first kappa shape index (κ1) is 21.7. The second-order valence-corrected chi connectivity index (χ2v) is 6.40. The third-order valence-electron chi connectivity index (χ3n) is 3.66. The predicted octanol–water partition coefficient (Wildman–Crippen LogP) is 4.02. The molecule has 0 bridgehead atoms. The van der Waals surface area contributed by atoms with E-state index in [0.29, 0.717) is 28.1 Å². The third-order valence-corrected chi connectivity index (χ3v) is 4.25. The first-order chi connectivity index (χ1) is 13.8. The van der Waals surface area contributed by atoms with Crippen LogP contribution in [0.15, 0.2) is 40.4 Å². The topological polar surface area (TPSA) is 135 Å². The van der Waals surface area contributed by atoms with Gasteiger partial charge in [0.15, 0.2) is 11.5 Å². The molecule has 0 saturated carbocycles. The van der Waals surface area contributed by atoms with Gasteiger partial charge in [-0.05, 0) is 52.7 Å². The predicted molar refractivity (Wildman–Crippen MR) is 109 cm³/mol. The van der Waals surface area contributed by atoms with Crippen molar-refractivity contribution < 1.29 is 24.3 Å². The van der Waals surface area contributed by atoms with Crippen LogP contribution in [0.3, 0.4) is 0 Å². The number of carbonyl (C=O) groups is 1. The van der Waals surface area contributed by atoms with Crippen LogP contribution in [0, 0.1) is 21.4 Å². The van der Waals surface area contributed by atoms with E-state index in [9.17, 15) is 25.3 Å². The van der Waals surface area contributed by atoms with Crippen LogP contribution in [-0.4, -0.2) is 29.7 Å². The number of ether oxygens (including phenoxy) is 2. The van der Waals surface area contributed by atoms with Crippen molar-refractivity contribution in [2.45, 2.75) is 6.92 Å². The normalized spacial score (nSPS) is 10.8. The van der Waals surface area contributed by atoms with E-state index in [1.807, 2.05) is 6.92 Å².